The Morgan fingerprint density at radius 2 is 0.853 bits per heavy atom. The fraction of sp³-hybridized carbons (Fsp3) is 0.366. The van der Waals surface area contributed by atoms with E-state index in [4.69, 9.17) is 4.74 Å². The molecule has 4 aromatic rings. The molecule has 20 nitrogen and oxygen atoms in total. The van der Waals surface area contributed by atoms with Crippen molar-refractivity contribution in [1.29, 1.82) is 0 Å². The van der Waals surface area contributed by atoms with E-state index in [0.29, 0.717) is 43.2 Å². The number of methoxy groups -OCH3 is 1. The average Bonchev–Trinajstić information content (AvgIpc) is 3.30. The second-order valence-corrected chi connectivity index (χ2v) is 23.0. The number of piperazine rings is 2. The van der Waals surface area contributed by atoms with Gasteiger partial charge in [-0.2, -0.15) is 13.2 Å². The van der Waals surface area contributed by atoms with Crippen LogP contribution in [-0.2, 0) is 49.6 Å². The summed E-state index contributed by atoms with van der Waals surface area (Å²) in [6.45, 7) is 0.910. The summed E-state index contributed by atoms with van der Waals surface area (Å²) in [5, 5.41) is 0. The highest BCUT2D eigenvalue weighted by Crippen LogP contribution is 2.31. The van der Waals surface area contributed by atoms with Gasteiger partial charge < -0.3 is 29.1 Å². The summed E-state index contributed by atoms with van der Waals surface area (Å²) in [6.07, 6.45) is -6.08. The lowest BCUT2D eigenvalue weighted by Crippen LogP contribution is -2.49. The summed E-state index contributed by atoms with van der Waals surface area (Å²) in [6, 6.07) is 23.3. The SMILES string of the molecule is CN(C)S(=O)(=O)c1ccc(S(=O)(=O)Nc2ccccc2N2CCN(C(=O)OCC(F)(F)F)CC2)cc1.COC(=O)N1CCN(c2ccccc2NS(=O)(=O)c2ccc(S(=O)(=O)N(C)C)cc2)CC1. The van der Waals surface area contributed by atoms with Crippen molar-refractivity contribution in [3.8, 4) is 0 Å². The summed E-state index contributed by atoms with van der Waals surface area (Å²) < 4.78 is 154. The normalized spacial score (nSPS) is 15.1. The Balaban J connectivity index is 0.000000256. The molecule has 0 saturated carbocycles. The Kier molecular flexibility index (Phi) is 16.9. The number of sulfonamides is 4. The number of hydrogen-bond donors (Lipinski definition) is 2. The molecule has 4 aromatic carbocycles. The van der Waals surface area contributed by atoms with Crippen LogP contribution in [0, 0.1) is 0 Å². The molecule has 0 radical (unpaired) electrons. The van der Waals surface area contributed by atoms with Gasteiger partial charge in [0.2, 0.25) is 20.0 Å². The van der Waals surface area contributed by atoms with E-state index >= 15 is 0 Å². The van der Waals surface area contributed by atoms with Gasteiger partial charge in [-0.3, -0.25) is 9.44 Å². The van der Waals surface area contributed by atoms with Crippen LogP contribution in [0.3, 0.4) is 0 Å². The number of ether oxygens (including phenoxy) is 2. The lowest BCUT2D eigenvalue weighted by atomic mass is 10.2. The van der Waals surface area contributed by atoms with Gasteiger partial charge >= 0.3 is 18.4 Å². The maximum Gasteiger partial charge on any atom is 0.422 e. The second-order valence-electron chi connectivity index (χ2n) is 15.4. The monoisotopic (exact) mass is 1030 g/mol. The first kappa shape index (κ1) is 53.1. The summed E-state index contributed by atoms with van der Waals surface area (Å²) in [5.74, 6) is 0. The fourth-order valence-corrected chi connectivity index (χ4v) is 10.7. The molecule has 0 aromatic heterocycles. The third kappa shape index (κ3) is 13.2. The Hall–Kier alpha value is -5.87. The molecule has 68 heavy (non-hydrogen) atoms. The van der Waals surface area contributed by atoms with Crippen LogP contribution in [0.25, 0.3) is 0 Å². The molecular formula is C41H51F3N8O12S4. The van der Waals surface area contributed by atoms with Crippen molar-refractivity contribution in [2.45, 2.75) is 25.8 Å². The zero-order chi connectivity index (χ0) is 50.2. The standard InChI is InChI=1S/C21H25F3N4O6S2.C20H26N4O6S2/c1-26(2)36(32,33)17-9-7-16(8-10-17)35(30,31)25-18-5-3-4-6-19(18)27-11-13-28(14-12-27)20(29)34-15-21(22,23)24;1-22(2)32(28,29)17-10-8-16(9-11-17)31(26,27)21-18-6-4-5-7-19(18)23-12-14-24(15-13-23)20(25)30-3/h3-10,25H,11-15H2,1-2H3;4-11,21H,12-15H2,1-3H3. The average molecular weight is 1030 g/mol. The van der Waals surface area contributed by atoms with E-state index in [1.54, 1.807) is 58.3 Å². The van der Waals surface area contributed by atoms with Crippen molar-refractivity contribution >= 4 is 75.0 Å². The molecule has 2 amide bonds. The van der Waals surface area contributed by atoms with Gasteiger partial charge in [0.25, 0.3) is 20.0 Å². The van der Waals surface area contributed by atoms with Crippen LogP contribution in [0.4, 0.5) is 45.5 Å². The summed E-state index contributed by atoms with van der Waals surface area (Å²) in [5.41, 5.74) is 1.84. The third-order valence-corrected chi connectivity index (χ3v) is 16.8. The number of nitrogens with one attached hydrogen (secondary N) is 2. The van der Waals surface area contributed by atoms with Gasteiger partial charge in [-0.25, -0.2) is 51.9 Å². The lowest BCUT2D eigenvalue weighted by Gasteiger charge is -2.36. The smallest absolute Gasteiger partial charge is 0.422 e. The van der Waals surface area contributed by atoms with Crippen molar-refractivity contribution in [2.24, 2.45) is 0 Å². The first-order chi connectivity index (χ1) is 31.8. The van der Waals surface area contributed by atoms with E-state index < -0.39 is 65.1 Å². The maximum absolute atomic E-state index is 13.0. The number of nitrogens with zero attached hydrogens (tertiary/aromatic N) is 6. The van der Waals surface area contributed by atoms with E-state index in [-0.39, 0.29) is 51.4 Å². The minimum atomic E-state index is -4.62. The molecular weight excluding hydrogens is 982 g/mol. The number of carbonyl (C=O) groups is 2. The third-order valence-electron chi connectivity index (χ3n) is 10.4. The molecule has 2 N–H and O–H groups in total. The predicted molar refractivity (Wildman–Crippen MR) is 247 cm³/mol. The Morgan fingerprint density at radius 1 is 0.529 bits per heavy atom. The zero-order valence-corrected chi connectivity index (χ0v) is 40.7. The van der Waals surface area contributed by atoms with Gasteiger partial charge in [0, 0.05) is 80.5 Å². The van der Waals surface area contributed by atoms with Crippen LogP contribution < -0.4 is 19.2 Å². The van der Waals surface area contributed by atoms with Crippen molar-refractivity contribution in [2.75, 3.05) is 114 Å². The highest BCUT2D eigenvalue weighted by atomic mass is 32.2. The van der Waals surface area contributed by atoms with Gasteiger partial charge in [0.05, 0.1) is 49.4 Å². The fourth-order valence-electron chi connectivity index (χ4n) is 6.71. The van der Waals surface area contributed by atoms with Crippen LogP contribution >= 0.6 is 0 Å². The Bertz CT molecular complexity index is 2860. The molecule has 372 valence electrons. The van der Waals surface area contributed by atoms with E-state index in [9.17, 15) is 56.4 Å². The van der Waals surface area contributed by atoms with Crippen molar-refractivity contribution < 1.29 is 65.9 Å². The number of carbonyl (C=O) groups excluding carboxylic acids is 2. The summed E-state index contributed by atoms with van der Waals surface area (Å²) in [7, 11) is -8.54. The molecule has 2 heterocycles. The van der Waals surface area contributed by atoms with E-state index in [1.165, 1.54) is 83.8 Å². The molecule has 2 aliphatic rings. The minimum Gasteiger partial charge on any atom is -0.453 e. The molecule has 2 fully saturated rings. The number of para-hydroxylation sites is 4. The molecule has 0 unspecified atom stereocenters. The van der Waals surface area contributed by atoms with Gasteiger partial charge in [-0.15, -0.1) is 0 Å². The number of amides is 2. The van der Waals surface area contributed by atoms with Crippen molar-refractivity contribution in [1.82, 2.24) is 18.4 Å². The van der Waals surface area contributed by atoms with Crippen LogP contribution in [0.1, 0.15) is 0 Å². The molecule has 2 aliphatic heterocycles. The molecule has 2 saturated heterocycles. The summed E-state index contributed by atoms with van der Waals surface area (Å²) in [4.78, 5) is 29.8. The van der Waals surface area contributed by atoms with Gasteiger partial charge in [0.15, 0.2) is 6.61 Å². The number of anilines is 4. The first-order valence-corrected chi connectivity index (χ1v) is 26.2. The predicted octanol–water partition coefficient (Wildman–Crippen LogP) is 4.18. The highest BCUT2D eigenvalue weighted by molar-refractivity contribution is 7.93. The Labute approximate surface area is 394 Å². The van der Waals surface area contributed by atoms with Gasteiger partial charge in [-0.1, -0.05) is 24.3 Å². The quantitative estimate of drug-likeness (QED) is 0.191. The molecule has 0 bridgehead atoms. The van der Waals surface area contributed by atoms with Gasteiger partial charge in [0.1, 0.15) is 0 Å². The number of rotatable bonds is 13. The van der Waals surface area contributed by atoms with E-state index in [2.05, 4.69) is 14.2 Å². The van der Waals surface area contributed by atoms with Crippen LogP contribution in [0.15, 0.2) is 117 Å². The summed E-state index contributed by atoms with van der Waals surface area (Å²) >= 11 is 0. The van der Waals surface area contributed by atoms with Crippen LogP contribution in [0.5, 0.6) is 0 Å². The molecule has 0 atom stereocenters. The van der Waals surface area contributed by atoms with E-state index in [1.807, 2.05) is 4.90 Å². The number of hydrogen-bond acceptors (Lipinski definition) is 14. The molecule has 0 aliphatic carbocycles. The maximum atomic E-state index is 13.0. The largest absolute Gasteiger partial charge is 0.453 e. The highest BCUT2D eigenvalue weighted by Gasteiger charge is 2.32. The van der Waals surface area contributed by atoms with E-state index in [0.717, 1.165) is 13.5 Å². The molecule has 6 rings (SSSR count). The van der Waals surface area contributed by atoms with Crippen LogP contribution in [0.2, 0.25) is 0 Å². The number of halogens is 3. The topological polar surface area (TPSA) is 233 Å². The lowest BCUT2D eigenvalue weighted by molar-refractivity contribution is -0.162. The minimum absolute atomic E-state index is 0.00493. The number of benzene rings is 4. The van der Waals surface area contributed by atoms with Crippen LogP contribution in [-0.4, -0.2) is 165 Å². The molecule has 0 spiro atoms. The van der Waals surface area contributed by atoms with Crippen molar-refractivity contribution in [3.05, 3.63) is 97.1 Å². The number of alkyl halides is 3. The first-order valence-electron chi connectivity index (χ1n) is 20.4. The zero-order valence-electron chi connectivity index (χ0n) is 37.5. The Morgan fingerprint density at radius 3 is 1.18 bits per heavy atom. The van der Waals surface area contributed by atoms with Gasteiger partial charge in [-0.05, 0) is 72.8 Å². The molecule has 27 heteroatoms. The van der Waals surface area contributed by atoms with Crippen molar-refractivity contribution in [3.63, 3.8) is 0 Å². The second kappa shape index (κ2) is 21.6.